The molecule has 0 heterocycles. The number of carbonyl (C=O) groups is 1. The summed E-state index contributed by atoms with van der Waals surface area (Å²) < 4.78 is 1.05. The van der Waals surface area contributed by atoms with Gasteiger partial charge in [0.05, 0.1) is 0 Å². The van der Waals surface area contributed by atoms with E-state index in [1.54, 1.807) is 0 Å². The summed E-state index contributed by atoms with van der Waals surface area (Å²) in [7, 11) is 0. The predicted molar refractivity (Wildman–Crippen MR) is 79.3 cm³/mol. The van der Waals surface area contributed by atoms with Crippen LogP contribution in [-0.2, 0) is 11.3 Å². The molecule has 0 aliphatic carbocycles. The molecule has 0 saturated carbocycles. The third kappa shape index (κ3) is 4.81. The van der Waals surface area contributed by atoms with Crippen LogP contribution in [0.3, 0.4) is 0 Å². The Hall–Kier alpha value is -0.830. The van der Waals surface area contributed by atoms with E-state index < -0.39 is 0 Å². The zero-order chi connectivity index (χ0) is 13.4. The zero-order valence-electron chi connectivity index (χ0n) is 11.2. The molecule has 1 amide bonds. The van der Waals surface area contributed by atoms with Crippen LogP contribution in [0, 0.1) is 5.92 Å². The van der Waals surface area contributed by atoms with Gasteiger partial charge in [0, 0.05) is 16.9 Å². The van der Waals surface area contributed by atoms with E-state index in [0.29, 0.717) is 6.54 Å². The Morgan fingerprint density at radius 1 is 1.22 bits per heavy atom. The lowest BCUT2D eigenvalue weighted by Crippen LogP contribution is -2.30. The first-order valence-corrected chi connectivity index (χ1v) is 7.49. The Kier molecular flexibility index (Phi) is 7.02. The molecule has 1 N–H and O–H groups in total. The Bertz CT molecular complexity index is 373. The van der Waals surface area contributed by atoms with Crippen molar-refractivity contribution in [3.8, 4) is 0 Å². The number of nitrogens with one attached hydrogen (secondary N) is 1. The van der Waals surface area contributed by atoms with Crippen molar-refractivity contribution >= 4 is 21.8 Å². The number of amides is 1. The fourth-order valence-electron chi connectivity index (χ4n) is 2.07. The van der Waals surface area contributed by atoms with Gasteiger partial charge >= 0.3 is 0 Å². The van der Waals surface area contributed by atoms with E-state index in [9.17, 15) is 4.79 Å². The molecule has 2 nitrogen and oxygen atoms in total. The minimum atomic E-state index is 0.169. The molecule has 1 aromatic rings. The van der Waals surface area contributed by atoms with Crippen LogP contribution in [0.25, 0.3) is 0 Å². The third-order valence-corrected chi connectivity index (χ3v) is 3.83. The summed E-state index contributed by atoms with van der Waals surface area (Å²) in [5, 5.41) is 3.04. The van der Waals surface area contributed by atoms with E-state index in [1.165, 1.54) is 0 Å². The van der Waals surface area contributed by atoms with Crippen LogP contribution in [0.5, 0.6) is 0 Å². The molecule has 3 heteroatoms. The van der Waals surface area contributed by atoms with Crippen LogP contribution >= 0.6 is 15.9 Å². The topological polar surface area (TPSA) is 29.1 Å². The molecular weight excluding hydrogens is 290 g/mol. The molecule has 0 bridgehead atoms. The van der Waals surface area contributed by atoms with E-state index in [0.717, 1.165) is 35.7 Å². The maximum absolute atomic E-state index is 12.1. The molecule has 100 valence electrons. The van der Waals surface area contributed by atoms with Gasteiger partial charge in [-0.25, -0.2) is 0 Å². The van der Waals surface area contributed by atoms with Gasteiger partial charge in [-0.15, -0.1) is 0 Å². The van der Waals surface area contributed by atoms with Crippen molar-refractivity contribution in [1.29, 1.82) is 0 Å². The number of carbonyl (C=O) groups excluding carboxylic acids is 1. The smallest absolute Gasteiger partial charge is 0.223 e. The quantitative estimate of drug-likeness (QED) is 0.800. The molecule has 0 saturated heterocycles. The standard InChI is InChI=1S/C15H22BrNO/c1-3-7-12(8-4-2)15(18)17-11-13-9-5-6-10-14(13)16/h5-6,9-10,12H,3-4,7-8,11H2,1-2H3,(H,17,18). The maximum atomic E-state index is 12.1. The number of halogens is 1. The SMILES string of the molecule is CCCC(CCC)C(=O)NCc1ccccc1Br. The summed E-state index contributed by atoms with van der Waals surface area (Å²) in [5.41, 5.74) is 1.12. The van der Waals surface area contributed by atoms with Crippen LogP contribution in [-0.4, -0.2) is 5.91 Å². The minimum absolute atomic E-state index is 0.169. The second-order valence-electron chi connectivity index (χ2n) is 4.58. The zero-order valence-corrected chi connectivity index (χ0v) is 12.8. The lowest BCUT2D eigenvalue weighted by molar-refractivity contribution is -0.125. The van der Waals surface area contributed by atoms with Crippen molar-refractivity contribution in [3.63, 3.8) is 0 Å². The van der Waals surface area contributed by atoms with Crippen molar-refractivity contribution in [2.45, 2.75) is 46.1 Å². The summed E-state index contributed by atoms with van der Waals surface area (Å²) in [4.78, 5) is 12.1. The van der Waals surface area contributed by atoms with Crippen LogP contribution in [0.2, 0.25) is 0 Å². The second-order valence-corrected chi connectivity index (χ2v) is 5.44. The fourth-order valence-corrected chi connectivity index (χ4v) is 2.50. The van der Waals surface area contributed by atoms with Gasteiger partial charge in [0.2, 0.25) is 5.91 Å². The molecule has 0 fully saturated rings. The molecule has 0 aliphatic heterocycles. The average molecular weight is 312 g/mol. The maximum Gasteiger partial charge on any atom is 0.223 e. The molecule has 1 aromatic carbocycles. The predicted octanol–water partition coefficient (Wildman–Crippen LogP) is 4.28. The van der Waals surface area contributed by atoms with E-state index >= 15 is 0 Å². The first-order chi connectivity index (χ1) is 8.69. The lowest BCUT2D eigenvalue weighted by atomic mass is 9.97. The van der Waals surface area contributed by atoms with Gasteiger partial charge in [0.1, 0.15) is 0 Å². The van der Waals surface area contributed by atoms with E-state index in [-0.39, 0.29) is 11.8 Å². The van der Waals surface area contributed by atoms with Gasteiger partial charge in [-0.05, 0) is 24.5 Å². The van der Waals surface area contributed by atoms with E-state index in [1.807, 2.05) is 24.3 Å². The Balaban J connectivity index is 2.51. The molecule has 18 heavy (non-hydrogen) atoms. The summed E-state index contributed by atoms with van der Waals surface area (Å²) in [6.45, 7) is 4.86. The first-order valence-electron chi connectivity index (χ1n) is 6.70. The van der Waals surface area contributed by atoms with Gasteiger partial charge < -0.3 is 5.32 Å². The highest BCUT2D eigenvalue weighted by molar-refractivity contribution is 9.10. The van der Waals surface area contributed by atoms with Gasteiger partial charge in [-0.1, -0.05) is 60.8 Å². The lowest BCUT2D eigenvalue weighted by Gasteiger charge is -2.15. The highest BCUT2D eigenvalue weighted by Gasteiger charge is 2.16. The van der Waals surface area contributed by atoms with Crippen molar-refractivity contribution in [1.82, 2.24) is 5.32 Å². The molecule has 0 unspecified atom stereocenters. The molecule has 0 spiro atoms. The summed E-state index contributed by atoms with van der Waals surface area (Å²) in [6.07, 6.45) is 4.09. The second kappa shape index (κ2) is 8.30. The van der Waals surface area contributed by atoms with E-state index in [2.05, 4.69) is 35.1 Å². The van der Waals surface area contributed by atoms with E-state index in [4.69, 9.17) is 0 Å². The van der Waals surface area contributed by atoms with Gasteiger partial charge in [-0.3, -0.25) is 4.79 Å². The summed E-state index contributed by atoms with van der Waals surface area (Å²) >= 11 is 3.49. The van der Waals surface area contributed by atoms with Crippen LogP contribution in [0.15, 0.2) is 28.7 Å². The average Bonchev–Trinajstić information content (AvgIpc) is 2.37. The summed E-state index contributed by atoms with van der Waals surface area (Å²) in [6, 6.07) is 7.99. The summed E-state index contributed by atoms with van der Waals surface area (Å²) in [5.74, 6) is 0.358. The Morgan fingerprint density at radius 3 is 2.39 bits per heavy atom. The monoisotopic (exact) mass is 311 g/mol. The van der Waals surface area contributed by atoms with Gasteiger partial charge in [0.25, 0.3) is 0 Å². The van der Waals surface area contributed by atoms with Crippen LogP contribution < -0.4 is 5.32 Å². The first kappa shape index (κ1) is 15.2. The van der Waals surface area contributed by atoms with Crippen molar-refractivity contribution in [2.24, 2.45) is 5.92 Å². The number of benzene rings is 1. The molecule has 0 radical (unpaired) electrons. The van der Waals surface area contributed by atoms with Gasteiger partial charge in [0.15, 0.2) is 0 Å². The third-order valence-electron chi connectivity index (χ3n) is 3.06. The van der Waals surface area contributed by atoms with Crippen molar-refractivity contribution in [2.75, 3.05) is 0 Å². The molecule has 0 aromatic heterocycles. The molecule has 0 aliphatic rings. The number of hydrogen-bond donors (Lipinski definition) is 1. The highest BCUT2D eigenvalue weighted by atomic mass is 79.9. The fraction of sp³-hybridized carbons (Fsp3) is 0.533. The van der Waals surface area contributed by atoms with Crippen molar-refractivity contribution in [3.05, 3.63) is 34.3 Å². The largest absolute Gasteiger partial charge is 0.352 e. The molecule has 0 atom stereocenters. The van der Waals surface area contributed by atoms with Crippen molar-refractivity contribution < 1.29 is 4.79 Å². The minimum Gasteiger partial charge on any atom is -0.352 e. The normalized spacial score (nSPS) is 10.7. The number of rotatable bonds is 7. The molecular formula is C15H22BrNO. The Labute approximate surface area is 118 Å². The van der Waals surface area contributed by atoms with Crippen LogP contribution in [0.4, 0.5) is 0 Å². The Morgan fingerprint density at radius 2 is 1.83 bits per heavy atom. The molecule has 1 rings (SSSR count). The highest BCUT2D eigenvalue weighted by Crippen LogP contribution is 2.17. The van der Waals surface area contributed by atoms with Crippen LogP contribution in [0.1, 0.15) is 45.1 Å². The number of hydrogen-bond acceptors (Lipinski definition) is 1. The van der Waals surface area contributed by atoms with Gasteiger partial charge in [-0.2, -0.15) is 0 Å².